The van der Waals surface area contributed by atoms with Gasteiger partial charge in [0.15, 0.2) is 21.8 Å². The van der Waals surface area contributed by atoms with Crippen LogP contribution in [0.2, 0.25) is 5.15 Å². The average Bonchev–Trinajstić information content (AvgIpc) is 3.16. The highest BCUT2D eigenvalue weighted by molar-refractivity contribution is 8.19. The third-order valence-corrected chi connectivity index (χ3v) is 6.28. The highest BCUT2D eigenvalue weighted by Crippen LogP contribution is 2.39. The number of methoxy groups -OCH3 is 1. The van der Waals surface area contributed by atoms with E-state index in [1.54, 1.807) is 30.3 Å². The number of carbonyl (C=O) groups is 1. The summed E-state index contributed by atoms with van der Waals surface area (Å²) >= 11 is 7.50. The molecule has 0 spiro atoms. The summed E-state index contributed by atoms with van der Waals surface area (Å²) < 4.78 is 11.3. The number of amides is 1. The summed E-state index contributed by atoms with van der Waals surface area (Å²) in [5.41, 5.74) is 2.04. The maximum Gasteiger partial charge on any atom is 0.271 e. The summed E-state index contributed by atoms with van der Waals surface area (Å²) in [5.74, 6) is 1.14. The Kier molecular flexibility index (Phi) is 7.87. The number of aliphatic imine (C=N–C) groups is 1. The van der Waals surface area contributed by atoms with Crippen LogP contribution < -0.4 is 14.4 Å². The molecule has 174 valence electrons. The van der Waals surface area contributed by atoms with Gasteiger partial charge in [0.25, 0.3) is 5.91 Å². The molecule has 1 saturated heterocycles. The summed E-state index contributed by atoms with van der Waals surface area (Å²) in [6, 6.07) is 18.6. The zero-order chi connectivity index (χ0) is 23.9. The first-order valence-corrected chi connectivity index (χ1v) is 12.1. The standard InChI is InChI=1S/C26H24ClN3O3S/c1-3-4-15-33-21-13-12-18(16-22(21)32-2)17-23-25(31)30(19-9-6-5-7-10-19)26(34-23)29-20-11-8-14-28-24(20)27/h5-14,16-17H,3-4,15H2,1-2H3/b23-17-,29-26?. The lowest BCUT2D eigenvalue weighted by Crippen LogP contribution is -2.28. The van der Waals surface area contributed by atoms with Crippen LogP contribution in [0.4, 0.5) is 11.4 Å². The van der Waals surface area contributed by atoms with E-state index in [0.717, 1.165) is 24.1 Å². The maximum absolute atomic E-state index is 13.4. The van der Waals surface area contributed by atoms with Gasteiger partial charge in [-0.15, -0.1) is 0 Å². The van der Waals surface area contributed by atoms with Crippen LogP contribution in [0.15, 0.2) is 76.8 Å². The Balaban J connectivity index is 1.69. The van der Waals surface area contributed by atoms with E-state index in [4.69, 9.17) is 21.1 Å². The fourth-order valence-corrected chi connectivity index (χ4v) is 4.44. The van der Waals surface area contributed by atoms with Crippen LogP contribution >= 0.6 is 23.4 Å². The number of halogens is 1. The van der Waals surface area contributed by atoms with Gasteiger partial charge in [-0.2, -0.15) is 0 Å². The third kappa shape index (κ3) is 5.43. The van der Waals surface area contributed by atoms with Gasteiger partial charge in [0.2, 0.25) is 0 Å². The predicted molar refractivity (Wildman–Crippen MR) is 139 cm³/mol. The number of pyridine rings is 1. The molecule has 6 nitrogen and oxygen atoms in total. The highest BCUT2D eigenvalue weighted by atomic mass is 35.5. The number of para-hydroxylation sites is 1. The first kappa shape index (κ1) is 23.9. The van der Waals surface area contributed by atoms with E-state index in [9.17, 15) is 4.79 Å². The normalized spacial score (nSPS) is 15.9. The number of hydrogen-bond donors (Lipinski definition) is 0. The largest absolute Gasteiger partial charge is 0.493 e. The Hall–Kier alpha value is -3.29. The van der Waals surface area contributed by atoms with Crippen LogP contribution in [0.25, 0.3) is 6.08 Å². The molecule has 1 aliphatic heterocycles. The van der Waals surface area contributed by atoms with Crippen LogP contribution in [-0.4, -0.2) is 29.8 Å². The van der Waals surface area contributed by atoms with Gasteiger partial charge in [0, 0.05) is 6.20 Å². The minimum atomic E-state index is -0.169. The van der Waals surface area contributed by atoms with Crippen LogP contribution in [0.3, 0.4) is 0 Å². The zero-order valence-corrected chi connectivity index (χ0v) is 20.5. The van der Waals surface area contributed by atoms with Crippen molar-refractivity contribution in [2.75, 3.05) is 18.6 Å². The van der Waals surface area contributed by atoms with Gasteiger partial charge in [-0.1, -0.05) is 49.2 Å². The Morgan fingerprint density at radius 3 is 2.68 bits per heavy atom. The van der Waals surface area contributed by atoms with E-state index in [1.165, 1.54) is 11.8 Å². The van der Waals surface area contributed by atoms with Gasteiger partial charge < -0.3 is 9.47 Å². The molecule has 8 heteroatoms. The maximum atomic E-state index is 13.4. The molecule has 3 aromatic rings. The highest BCUT2D eigenvalue weighted by Gasteiger charge is 2.35. The fraction of sp³-hybridized carbons (Fsp3) is 0.192. The van der Waals surface area contributed by atoms with E-state index in [0.29, 0.717) is 33.9 Å². The van der Waals surface area contributed by atoms with Crippen molar-refractivity contribution in [1.82, 2.24) is 4.98 Å². The third-order valence-electron chi connectivity index (χ3n) is 5.02. The summed E-state index contributed by atoms with van der Waals surface area (Å²) in [6.07, 6.45) is 5.45. The van der Waals surface area contributed by atoms with Crippen LogP contribution in [0, 0.1) is 0 Å². The zero-order valence-electron chi connectivity index (χ0n) is 18.9. The summed E-state index contributed by atoms with van der Waals surface area (Å²) in [5, 5.41) is 0.778. The minimum absolute atomic E-state index is 0.169. The topological polar surface area (TPSA) is 64.0 Å². The molecule has 0 radical (unpaired) electrons. The first-order valence-electron chi connectivity index (χ1n) is 10.9. The number of benzene rings is 2. The number of nitrogens with zero attached hydrogens (tertiary/aromatic N) is 3. The SMILES string of the molecule is CCCCOc1ccc(/C=C2\SC(=Nc3cccnc3Cl)N(c3ccccc3)C2=O)cc1OC. The molecular formula is C26H24ClN3O3S. The average molecular weight is 494 g/mol. The lowest BCUT2D eigenvalue weighted by Gasteiger charge is -2.15. The molecule has 1 fully saturated rings. The second-order valence-corrected chi connectivity index (χ2v) is 8.77. The van der Waals surface area contributed by atoms with Crippen molar-refractivity contribution in [3.05, 3.63) is 82.5 Å². The smallest absolute Gasteiger partial charge is 0.271 e. The molecule has 34 heavy (non-hydrogen) atoms. The lowest BCUT2D eigenvalue weighted by molar-refractivity contribution is -0.113. The molecule has 0 unspecified atom stereocenters. The molecule has 0 bridgehead atoms. The van der Waals surface area contributed by atoms with E-state index in [2.05, 4.69) is 16.9 Å². The minimum Gasteiger partial charge on any atom is -0.493 e. The molecule has 0 saturated carbocycles. The van der Waals surface area contributed by atoms with Crippen molar-refractivity contribution >= 4 is 51.9 Å². The number of aromatic nitrogens is 1. The number of hydrogen-bond acceptors (Lipinski definition) is 6. The summed E-state index contributed by atoms with van der Waals surface area (Å²) in [7, 11) is 1.61. The Morgan fingerprint density at radius 1 is 1.12 bits per heavy atom. The number of unbranched alkanes of at least 4 members (excludes halogenated alkanes) is 1. The Morgan fingerprint density at radius 2 is 1.94 bits per heavy atom. The van der Waals surface area contributed by atoms with Crippen molar-refractivity contribution < 1.29 is 14.3 Å². The molecular weight excluding hydrogens is 470 g/mol. The number of thioether (sulfide) groups is 1. The Labute approximate surface area is 208 Å². The second kappa shape index (κ2) is 11.2. The number of amidine groups is 1. The van der Waals surface area contributed by atoms with E-state index >= 15 is 0 Å². The first-order chi connectivity index (χ1) is 16.6. The monoisotopic (exact) mass is 493 g/mol. The van der Waals surface area contributed by atoms with Gasteiger partial charge in [-0.05, 0) is 66.2 Å². The number of anilines is 1. The molecule has 1 aromatic heterocycles. The van der Waals surface area contributed by atoms with E-state index < -0.39 is 0 Å². The number of rotatable bonds is 8. The summed E-state index contributed by atoms with van der Waals surface area (Å²) in [4.78, 5) is 24.3. The molecule has 2 aromatic carbocycles. The Bertz CT molecular complexity index is 1230. The van der Waals surface area contributed by atoms with Crippen molar-refractivity contribution in [2.45, 2.75) is 19.8 Å². The van der Waals surface area contributed by atoms with E-state index in [-0.39, 0.29) is 11.1 Å². The van der Waals surface area contributed by atoms with Gasteiger partial charge in [-0.3, -0.25) is 9.69 Å². The molecule has 2 heterocycles. The van der Waals surface area contributed by atoms with Gasteiger partial charge in [0.1, 0.15) is 5.69 Å². The second-order valence-electron chi connectivity index (χ2n) is 7.41. The van der Waals surface area contributed by atoms with Crippen molar-refractivity contribution in [1.29, 1.82) is 0 Å². The molecule has 0 aliphatic carbocycles. The lowest BCUT2D eigenvalue weighted by atomic mass is 10.1. The quantitative estimate of drug-likeness (QED) is 0.198. The molecule has 0 atom stereocenters. The fourth-order valence-electron chi connectivity index (χ4n) is 3.29. The van der Waals surface area contributed by atoms with Gasteiger partial charge >= 0.3 is 0 Å². The molecule has 1 amide bonds. The summed E-state index contributed by atoms with van der Waals surface area (Å²) in [6.45, 7) is 2.75. The van der Waals surface area contributed by atoms with Crippen LogP contribution in [-0.2, 0) is 4.79 Å². The van der Waals surface area contributed by atoms with Gasteiger partial charge in [-0.25, -0.2) is 9.98 Å². The van der Waals surface area contributed by atoms with Crippen molar-refractivity contribution in [2.24, 2.45) is 4.99 Å². The van der Waals surface area contributed by atoms with Crippen molar-refractivity contribution in [3.63, 3.8) is 0 Å². The molecule has 4 rings (SSSR count). The molecule has 1 aliphatic rings. The number of ether oxygens (including phenoxy) is 2. The van der Waals surface area contributed by atoms with Gasteiger partial charge in [0.05, 0.1) is 24.3 Å². The van der Waals surface area contributed by atoms with Crippen LogP contribution in [0.5, 0.6) is 11.5 Å². The number of carbonyl (C=O) groups excluding carboxylic acids is 1. The van der Waals surface area contributed by atoms with E-state index in [1.807, 2.05) is 54.6 Å². The predicted octanol–water partition coefficient (Wildman–Crippen LogP) is 6.73. The van der Waals surface area contributed by atoms with Crippen LogP contribution in [0.1, 0.15) is 25.3 Å². The van der Waals surface area contributed by atoms with Crippen molar-refractivity contribution in [3.8, 4) is 11.5 Å². The molecule has 0 N–H and O–H groups in total.